The Morgan fingerprint density at radius 2 is 1.70 bits per heavy atom. The van der Waals surface area contributed by atoms with E-state index in [0.717, 1.165) is 5.69 Å². The first-order valence-corrected chi connectivity index (χ1v) is 8.64. The zero-order chi connectivity index (χ0) is 19.2. The molecule has 0 aliphatic carbocycles. The fraction of sp³-hybridized carbons (Fsp3) is 0.250. The van der Waals surface area contributed by atoms with Crippen LogP contribution in [0.1, 0.15) is 12.0 Å². The molecular formula is C20H19FN4O2. The standard InChI is InChI=1S/C20H19FN4O2/c21-16-5-7-17(8-6-16)24-9-11-25(12-10-24)20(27)13-19(26)23-18-4-2-1-3-15(18)14-22/h1-8H,9-13H2,(H,23,26). The van der Waals surface area contributed by atoms with Crippen molar-refractivity contribution in [1.29, 1.82) is 5.26 Å². The average molecular weight is 366 g/mol. The van der Waals surface area contributed by atoms with Gasteiger partial charge in [0.2, 0.25) is 11.8 Å². The first-order valence-electron chi connectivity index (χ1n) is 8.64. The van der Waals surface area contributed by atoms with E-state index in [2.05, 4.69) is 10.2 Å². The van der Waals surface area contributed by atoms with Crippen LogP contribution in [0.25, 0.3) is 0 Å². The zero-order valence-electron chi connectivity index (χ0n) is 14.7. The van der Waals surface area contributed by atoms with Crippen LogP contribution in [-0.2, 0) is 9.59 Å². The molecule has 0 atom stereocenters. The largest absolute Gasteiger partial charge is 0.368 e. The van der Waals surface area contributed by atoms with Crippen molar-refractivity contribution in [3.8, 4) is 6.07 Å². The third-order valence-corrected chi connectivity index (χ3v) is 4.46. The van der Waals surface area contributed by atoms with Gasteiger partial charge >= 0.3 is 0 Å². The van der Waals surface area contributed by atoms with Gasteiger partial charge in [0.1, 0.15) is 18.3 Å². The lowest BCUT2D eigenvalue weighted by Gasteiger charge is -2.36. The quantitative estimate of drug-likeness (QED) is 0.843. The van der Waals surface area contributed by atoms with Crippen LogP contribution >= 0.6 is 0 Å². The Balaban J connectivity index is 1.51. The molecule has 1 saturated heterocycles. The molecule has 0 bridgehead atoms. The summed E-state index contributed by atoms with van der Waals surface area (Å²) in [5.74, 6) is -0.971. The number of rotatable bonds is 4. The highest BCUT2D eigenvalue weighted by Crippen LogP contribution is 2.18. The van der Waals surface area contributed by atoms with E-state index >= 15 is 0 Å². The molecule has 0 saturated carbocycles. The Labute approximate surface area is 156 Å². The molecule has 0 unspecified atom stereocenters. The number of nitrogens with one attached hydrogen (secondary N) is 1. The van der Waals surface area contributed by atoms with E-state index in [4.69, 9.17) is 5.26 Å². The highest BCUT2D eigenvalue weighted by atomic mass is 19.1. The Bertz CT molecular complexity index is 868. The molecule has 1 aliphatic heterocycles. The van der Waals surface area contributed by atoms with Gasteiger partial charge in [0.25, 0.3) is 0 Å². The number of hydrogen-bond donors (Lipinski definition) is 1. The number of carbonyl (C=O) groups is 2. The smallest absolute Gasteiger partial charge is 0.233 e. The van der Waals surface area contributed by atoms with E-state index < -0.39 is 5.91 Å². The van der Waals surface area contributed by atoms with Crippen molar-refractivity contribution in [1.82, 2.24) is 4.90 Å². The normalized spacial score (nSPS) is 13.8. The maximum atomic E-state index is 13.0. The minimum Gasteiger partial charge on any atom is -0.368 e. The molecule has 1 N–H and O–H groups in total. The van der Waals surface area contributed by atoms with Gasteiger partial charge in [0.05, 0.1) is 11.3 Å². The van der Waals surface area contributed by atoms with Crippen LogP contribution in [0.5, 0.6) is 0 Å². The van der Waals surface area contributed by atoms with Crippen LogP contribution in [0.2, 0.25) is 0 Å². The van der Waals surface area contributed by atoms with Gasteiger partial charge in [0, 0.05) is 31.9 Å². The van der Waals surface area contributed by atoms with Gasteiger partial charge in [0.15, 0.2) is 0 Å². The van der Waals surface area contributed by atoms with E-state index in [1.807, 2.05) is 6.07 Å². The van der Waals surface area contributed by atoms with Gasteiger partial charge in [-0.3, -0.25) is 9.59 Å². The molecule has 0 spiro atoms. The van der Waals surface area contributed by atoms with Crippen molar-refractivity contribution in [2.45, 2.75) is 6.42 Å². The molecule has 2 amide bonds. The minimum atomic E-state index is -0.441. The van der Waals surface area contributed by atoms with E-state index in [1.165, 1.54) is 12.1 Å². The molecule has 1 fully saturated rings. The lowest BCUT2D eigenvalue weighted by Crippen LogP contribution is -2.49. The zero-order valence-corrected chi connectivity index (χ0v) is 14.7. The molecular weight excluding hydrogens is 347 g/mol. The maximum absolute atomic E-state index is 13.0. The van der Waals surface area contributed by atoms with Crippen molar-refractivity contribution >= 4 is 23.2 Å². The summed E-state index contributed by atoms with van der Waals surface area (Å²) >= 11 is 0. The monoisotopic (exact) mass is 366 g/mol. The van der Waals surface area contributed by atoms with Crippen LogP contribution in [0.3, 0.4) is 0 Å². The van der Waals surface area contributed by atoms with Crippen LogP contribution in [0.4, 0.5) is 15.8 Å². The summed E-state index contributed by atoms with van der Waals surface area (Å²) in [7, 11) is 0. The summed E-state index contributed by atoms with van der Waals surface area (Å²) in [6.45, 7) is 2.24. The Hall–Kier alpha value is -3.40. The second kappa shape index (κ2) is 8.32. The van der Waals surface area contributed by atoms with Crippen LogP contribution < -0.4 is 10.2 Å². The first-order chi connectivity index (χ1) is 13.1. The number of nitriles is 1. The summed E-state index contributed by atoms with van der Waals surface area (Å²) in [5.41, 5.74) is 1.67. The molecule has 0 aromatic heterocycles. The second-order valence-electron chi connectivity index (χ2n) is 6.23. The summed E-state index contributed by atoms with van der Waals surface area (Å²) in [5, 5.41) is 11.7. The van der Waals surface area contributed by atoms with Crippen molar-refractivity contribution in [2.75, 3.05) is 36.4 Å². The van der Waals surface area contributed by atoms with E-state index in [0.29, 0.717) is 37.4 Å². The predicted octanol–water partition coefficient (Wildman–Crippen LogP) is 2.37. The molecule has 1 heterocycles. The summed E-state index contributed by atoms with van der Waals surface area (Å²) in [4.78, 5) is 28.2. The summed E-state index contributed by atoms with van der Waals surface area (Å²) in [6, 6.07) is 14.9. The molecule has 2 aromatic carbocycles. The number of carbonyl (C=O) groups excluding carboxylic acids is 2. The fourth-order valence-corrected chi connectivity index (χ4v) is 3.00. The number of hydrogen-bond acceptors (Lipinski definition) is 4. The number of amides is 2. The third kappa shape index (κ3) is 4.61. The number of halogens is 1. The molecule has 138 valence electrons. The number of nitrogens with zero attached hydrogens (tertiary/aromatic N) is 3. The number of para-hydroxylation sites is 1. The topological polar surface area (TPSA) is 76.4 Å². The minimum absolute atomic E-state index is 0.249. The number of anilines is 2. The molecule has 6 nitrogen and oxygen atoms in total. The van der Waals surface area contributed by atoms with Gasteiger partial charge in [-0.25, -0.2) is 4.39 Å². The van der Waals surface area contributed by atoms with Crippen LogP contribution in [0, 0.1) is 17.1 Å². The van der Waals surface area contributed by atoms with E-state index in [9.17, 15) is 14.0 Å². The second-order valence-corrected chi connectivity index (χ2v) is 6.23. The lowest BCUT2D eigenvalue weighted by molar-refractivity contribution is -0.134. The molecule has 1 aliphatic rings. The van der Waals surface area contributed by atoms with Crippen molar-refractivity contribution in [3.63, 3.8) is 0 Å². The van der Waals surface area contributed by atoms with Crippen LogP contribution in [0.15, 0.2) is 48.5 Å². The van der Waals surface area contributed by atoms with Gasteiger partial charge in [-0.15, -0.1) is 0 Å². The molecule has 3 rings (SSSR count). The number of benzene rings is 2. The Kier molecular flexibility index (Phi) is 5.67. The summed E-state index contributed by atoms with van der Waals surface area (Å²) in [6.07, 6.45) is -0.268. The van der Waals surface area contributed by atoms with E-state index in [-0.39, 0.29) is 18.1 Å². The Morgan fingerprint density at radius 1 is 1.04 bits per heavy atom. The average Bonchev–Trinajstić information content (AvgIpc) is 2.69. The van der Waals surface area contributed by atoms with Crippen molar-refractivity contribution < 1.29 is 14.0 Å². The third-order valence-electron chi connectivity index (χ3n) is 4.46. The highest BCUT2D eigenvalue weighted by Gasteiger charge is 2.23. The predicted molar refractivity (Wildman–Crippen MR) is 99.6 cm³/mol. The van der Waals surface area contributed by atoms with Gasteiger partial charge in [-0.2, -0.15) is 5.26 Å². The SMILES string of the molecule is N#Cc1ccccc1NC(=O)CC(=O)N1CCN(c2ccc(F)cc2)CC1. The summed E-state index contributed by atoms with van der Waals surface area (Å²) < 4.78 is 13.0. The molecule has 7 heteroatoms. The fourth-order valence-electron chi connectivity index (χ4n) is 3.00. The maximum Gasteiger partial charge on any atom is 0.233 e. The van der Waals surface area contributed by atoms with Crippen molar-refractivity contribution in [2.24, 2.45) is 0 Å². The first kappa shape index (κ1) is 18.4. The highest BCUT2D eigenvalue weighted by molar-refractivity contribution is 6.04. The van der Waals surface area contributed by atoms with Gasteiger partial charge in [-0.05, 0) is 36.4 Å². The molecule has 27 heavy (non-hydrogen) atoms. The van der Waals surface area contributed by atoms with E-state index in [1.54, 1.807) is 41.3 Å². The van der Waals surface area contributed by atoms with Crippen LogP contribution in [-0.4, -0.2) is 42.9 Å². The molecule has 0 radical (unpaired) electrons. The molecule has 2 aromatic rings. The van der Waals surface area contributed by atoms with Gasteiger partial charge in [-0.1, -0.05) is 12.1 Å². The van der Waals surface area contributed by atoms with Crippen molar-refractivity contribution in [3.05, 3.63) is 59.9 Å². The lowest BCUT2D eigenvalue weighted by atomic mass is 10.2. The Morgan fingerprint density at radius 3 is 2.37 bits per heavy atom. The van der Waals surface area contributed by atoms with Gasteiger partial charge < -0.3 is 15.1 Å². The number of piperazine rings is 1.